The Balaban J connectivity index is 2.42. The van der Waals surface area contributed by atoms with Crippen molar-refractivity contribution < 1.29 is 13.2 Å². The van der Waals surface area contributed by atoms with Gasteiger partial charge < -0.3 is 0 Å². The first-order valence-corrected chi connectivity index (χ1v) is 7.54. The van der Waals surface area contributed by atoms with E-state index < -0.39 is 17.2 Å². The van der Waals surface area contributed by atoms with Gasteiger partial charge in [0, 0.05) is 19.7 Å². The van der Waals surface area contributed by atoms with Crippen molar-refractivity contribution in [2.24, 2.45) is 5.84 Å². The predicted octanol–water partition coefficient (Wildman–Crippen LogP) is 3.97. The molecule has 1 atom stereocenters. The highest BCUT2D eigenvalue weighted by atomic mass is 127. The Bertz CT molecular complexity index is 617. The fraction of sp³-hybridized carbons (Fsp3) is 0.182. The van der Waals surface area contributed by atoms with Crippen molar-refractivity contribution in [2.45, 2.75) is 12.2 Å². The van der Waals surface area contributed by atoms with Crippen LogP contribution >= 0.6 is 45.5 Å². The number of nitrogens with zero attached hydrogens (tertiary/aromatic N) is 1. The lowest BCUT2D eigenvalue weighted by Crippen LogP contribution is -2.28. The van der Waals surface area contributed by atoms with Crippen LogP contribution in [0.1, 0.15) is 21.5 Å². The Morgan fingerprint density at radius 2 is 2.10 bits per heavy atom. The molecule has 20 heavy (non-hydrogen) atoms. The van der Waals surface area contributed by atoms with Gasteiger partial charge in [-0.25, -0.2) is 10.4 Å². The van der Waals surface area contributed by atoms with E-state index >= 15 is 0 Å². The van der Waals surface area contributed by atoms with Crippen LogP contribution in [-0.4, -0.2) is 4.98 Å². The molecule has 0 saturated heterocycles. The van der Waals surface area contributed by atoms with Crippen LogP contribution in [0.5, 0.6) is 0 Å². The SMILES string of the molecule is NNC(c1cnc(C(F)(F)F)s1)c1cc(Cl)ccc1I. The summed E-state index contributed by atoms with van der Waals surface area (Å²) in [6.45, 7) is 0. The molecule has 1 heterocycles. The fourth-order valence-corrected chi connectivity index (χ4v) is 3.30. The molecule has 1 unspecified atom stereocenters. The van der Waals surface area contributed by atoms with Gasteiger partial charge in [0.2, 0.25) is 0 Å². The second kappa shape index (κ2) is 6.14. The van der Waals surface area contributed by atoms with Crippen molar-refractivity contribution in [3.05, 3.63) is 48.4 Å². The van der Waals surface area contributed by atoms with Gasteiger partial charge in [-0.1, -0.05) is 11.6 Å². The number of benzene rings is 1. The van der Waals surface area contributed by atoms with Crippen molar-refractivity contribution in [1.29, 1.82) is 0 Å². The van der Waals surface area contributed by atoms with E-state index in [1.807, 2.05) is 0 Å². The normalized spacial score (nSPS) is 13.5. The number of hydrazine groups is 1. The first kappa shape index (κ1) is 16.0. The molecule has 0 saturated carbocycles. The third-order valence-corrected chi connectivity index (χ3v) is 4.81. The topological polar surface area (TPSA) is 50.9 Å². The van der Waals surface area contributed by atoms with Crippen molar-refractivity contribution in [2.75, 3.05) is 0 Å². The number of alkyl halides is 3. The zero-order chi connectivity index (χ0) is 14.9. The molecule has 0 radical (unpaired) electrons. The van der Waals surface area contributed by atoms with Gasteiger partial charge in [0.15, 0.2) is 5.01 Å². The Kier molecular flexibility index (Phi) is 4.90. The third-order valence-electron chi connectivity index (χ3n) is 2.49. The highest BCUT2D eigenvalue weighted by Crippen LogP contribution is 2.37. The van der Waals surface area contributed by atoms with E-state index in [2.05, 4.69) is 33.0 Å². The van der Waals surface area contributed by atoms with Crippen LogP contribution in [0.25, 0.3) is 0 Å². The van der Waals surface area contributed by atoms with Gasteiger partial charge in [-0.05, 0) is 46.4 Å². The Hall–Kier alpha value is -0.420. The third kappa shape index (κ3) is 3.42. The minimum Gasteiger partial charge on any atom is -0.271 e. The molecule has 0 bridgehead atoms. The lowest BCUT2D eigenvalue weighted by atomic mass is 10.1. The summed E-state index contributed by atoms with van der Waals surface area (Å²) in [4.78, 5) is 3.77. The smallest absolute Gasteiger partial charge is 0.271 e. The molecule has 0 fully saturated rings. The number of aromatic nitrogens is 1. The van der Waals surface area contributed by atoms with Crippen LogP contribution in [0.3, 0.4) is 0 Å². The molecule has 0 aliphatic heterocycles. The number of hydrogen-bond donors (Lipinski definition) is 2. The zero-order valence-electron chi connectivity index (χ0n) is 9.71. The molecule has 0 amide bonds. The standard InChI is InChI=1S/C11H8ClF3IN3S/c12-5-1-2-7(16)6(3-5)9(19-17)8-4-18-10(20-8)11(13,14)15/h1-4,9,19H,17H2. The monoisotopic (exact) mass is 433 g/mol. The van der Waals surface area contributed by atoms with Gasteiger partial charge >= 0.3 is 6.18 Å². The van der Waals surface area contributed by atoms with Crippen molar-refractivity contribution in [1.82, 2.24) is 10.4 Å². The zero-order valence-corrected chi connectivity index (χ0v) is 13.4. The van der Waals surface area contributed by atoms with E-state index in [0.29, 0.717) is 26.8 Å². The number of thiazole rings is 1. The van der Waals surface area contributed by atoms with Gasteiger partial charge in [0.1, 0.15) is 0 Å². The second-order valence-electron chi connectivity index (χ2n) is 3.83. The molecule has 2 rings (SSSR count). The summed E-state index contributed by atoms with van der Waals surface area (Å²) in [5.74, 6) is 5.48. The van der Waals surface area contributed by atoms with E-state index in [0.717, 1.165) is 3.57 Å². The average Bonchev–Trinajstić information content (AvgIpc) is 2.84. The summed E-state index contributed by atoms with van der Waals surface area (Å²) >= 11 is 8.55. The van der Waals surface area contributed by atoms with Crippen LogP contribution in [0.4, 0.5) is 13.2 Å². The maximum Gasteiger partial charge on any atom is 0.443 e. The number of rotatable bonds is 3. The largest absolute Gasteiger partial charge is 0.443 e. The van der Waals surface area contributed by atoms with Crippen LogP contribution in [0.2, 0.25) is 5.02 Å². The van der Waals surface area contributed by atoms with Crippen molar-refractivity contribution >= 4 is 45.5 Å². The van der Waals surface area contributed by atoms with E-state index in [1.54, 1.807) is 18.2 Å². The molecule has 1 aromatic carbocycles. The lowest BCUT2D eigenvalue weighted by molar-refractivity contribution is -0.137. The number of nitrogens with one attached hydrogen (secondary N) is 1. The molecule has 9 heteroatoms. The Morgan fingerprint density at radius 3 is 2.65 bits per heavy atom. The molecule has 108 valence electrons. The molecule has 0 aliphatic carbocycles. The summed E-state index contributed by atoms with van der Waals surface area (Å²) in [6.07, 6.45) is -3.28. The molecule has 0 spiro atoms. The minimum atomic E-state index is -4.45. The van der Waals surface area contributed by atoms with Crippen molar-refractivity contribution in [3.63, 3.8) is 0 Å². The van der Waals surface area contributed by atoms with Gasteiger partial charge in [-0.15, -0.1) is 11.3 Å². The molecular formula is C11H8ClF3IN3S. The molecule has 1 aromatic heterocycles. The van der Waals surface area contributed by atoms with Crippen LogP contribution in [-0.2, 0) is 6.18 Å². The first-order chi connectivity index (χ1) is 9.32. The van der Waals surface area contributed by atoms with Gasteiger partial charge in [0.05, 0.1) is 6.04 Å². The van der Waals surface area contributed by atoms with Crippen LogP contribution in [0, 0.1) is 3.57 Å². The molecule has 0 aliphatic rings. The van der Waals surface area contributed by atoms with Crippen LogP contribution in [0.15, 0.2) is 24.4 Å². The number of nitrogens with two attached hydrogens (primary N) is 1. The molecule has 3 N–H and O–H groups in total. The quantitative estimate of drug-likeness (QED) is 0.437. The maximum atomic E-state index is 12.6. The van der Waals surface area contributed by atoms with E-state index in [4.69, 9.17) is 17.4 Å². The van der Waals surface area contributed by atoms with E-state index in [-0.39, 0.29) is 0 Å². The first-order valence-electron chi connectivity index (χ1n) is 5.27. The van der Waals surface area contributed by atoms with E-state index in [9.17, 15) is 13.2 Å². The Morgan fingerprint density at radius 1 is 1.40 bits per heavy atom. The highest BCUT2D eigenvalue weighted by molar-refractivity contribution is 14.1. The molecule has 2 aromatic rings. The van der Waals surface area contributed by atoms with E-state index in [1.165, 1.54) is 6.20 Å². The predicted molar refractivity (Wildman–Crippen MR) is 80.5 cm³/mol. The fourth-order valence-electron chi connectivity index (χ4n) is 1.61. The lowest BCUT2D eigenvalue weighted by Gasteiger charge is -2.16. The van der Waals surface area contributed by atoms with Gasteiger partial charge in [-0.3, -0.25) is 5.84 Å². The molecular weight excluding hydrogens is 426 g/mol. The second-order valence-corrected chi connectivity index (χ2v) is 6.49. The van der Waals surface area contributed by atoms with Crippen LogP contribution < -0.4 is 11.3 Å². The summed E-state index contributed by atoms with van der Waals surface area (Å²) in [5, 5.41) is -0.411. The summed E-state index contributed by atoms with van der Waals surface area (Å²) in [7, 11) is 0. The highest BCUT2D eigenvalue weighted by Gasteiger charge is 2.35. The number of halogens is 5. The molecule has 3 nitrogen and oxygen atoms in total. The summed E-state index contributed by atoms with van der Waals surface area (Å²) in [6, 6.07) is 4.55. The van der Waals surface area contributed by atoms with Gasteiger partial charge in [-0.2, -0.15) is 13.2 Å². The summed E-state index contributed by atoms with van der Waals surface area (Å²) in [5.41, 5.74) is 3.21. The summed E-state index contributed by atoms with van der Waals surface area (Å²) < 4.78 is 38.6. The maximum absolute atomic E-state index is 12.6. The number of hydrogen-bond acceptors (Lipinski definition) is 4. The Labute approximate surface area is 135 Å². The average molecular weight is 434 g/mol. The van der Waals surface area contributed by atoms with Crippen molar-refractivity contribution in [3.8, 4) is 0 Å². The van der Waals surface area contributed by atoms with Gasteiger partial charge in [0.25, 0.3) is 0 Å². The minimum absolute atomic E-state index is 0.375.